The molecule has 3 rings (SSSR count). The fraction of sp³-hybridized carbons (Fsp3) is 0.0476. The number of aromatic hydroxyl groups is 3. The van der Waals surface area contributed by atoms with Crippen LogP contribution in [0, 0.1) is 6.92 Å². The SMILES string of the molecule is Cc1ccc(C=Nc2ccc(N=Cc3ccc(O)c(O)c3)cc2)cc1O. The lowest BCUT2D eigenvalue weighted by molar-refractivity contribution is 0.403. The molecule has 0 aliphatic carbocycles. The first-order chi connectivity index (χ1) is 12.5. The fourth-order valence-corrected chi connectivity index (χ4v) is 2.25. The Bertz CT molecular complexity index is 897. The molecule has 130 valence electrons. The van der Waals surface area contributed by atoms with Crippen LogP contribution in [0.25, 0.3) is 0 Å². The van der Waals surface area contributed by atoms with Crippen LogP contribution in [0.4, 0.5) is 11.4 Å². The van der Waals surface area contributed by atoms with Crippen LogP contribution >= 0.6 is 0 Å². The molecule has 0 fully saturated rings. The summed E-state index contributed by atoms with van der Waals surface area (Å²) >= 11 is 0. The summed E-state index contributed by atoms with van der Waals surface area (Å²) < 4.78 is 0. The first-order valence-electron chi connectivity index (χ1n) is 8.01. The van der Waals surface area contributed by atoms with Crippen LogP contribution in [-0.4, -0.2) is 27.7 Å². The van der Waals surface area contributed by atoms with Gasteiger partial charge in [0.05, 0.1) is 11.4 Å². The van der Waals surface area contributed by atoms with E-state index < -0.39 is 0 Å². The molecule has 0 aliphatic heterocycles. The molecule has 0 saturated carbocycles. The van der Waals surface area contributed by atoms with Crippen molar-refractivity contribution in [1.29, 1.82) is 0 Å². The molecule has 0 saturated heterocycles. The molecule has 0 heterocycles. The lowest BCUT2D eigenvalue weighted by Crippen LogP contribution is -1.82. The molecule has 0 unspecified atom stereocenters. The second kappa shape index (κ2) is 7.53. The quantitative estimate of drug-likeness (QED) is 0.476. The van der Waals surface area contributed by atoms with Crippen molar-refractivity contribution in [2.24, 2.45) is 9.98 Å². The molecule has 3 aromatic rings. The van der Waals surface area contributed by atoms with Gasteiger partial charge in [-0.3, -0.25) is 9.98 Å². The largest absolute Gasteiger partial charge is 0.508 e. The van der Waals surface area contributed by atoms with E-state index in [4.69, 9.17) is 0 Å². The summed E-state index contributed by atoms with van der Waals surface area (Å²) in [4.78, 5) is 8.70. The van der Waals surface area contributed by atoms with Crippen LogP contribution in [0.2, 0.25) is 0 Å². The third-order valence-corrected chi connectivity index (χ3v) is 3.81. The zero-order chi connectivity index (χ0) is 18.5. The molecule has 5 heteroatoms. The highest BCUT2D eigenvalue weighted by Crippen LogP contribution is 2.25. The van der Waals surface area contributed by atoms with Gasteiger partial charge in [-0.2, -0.15) is 0 Å². The van der Waals surface area contributed by atoms with E-state index in [9.17, 15) is 15.3 Å². The molecular weight excluding hydrogens is 328 g/mol. The van der Waals surface area contributed by atoms with E-state index in [-0.39, 0.29) is 17.2 Å². The molecule has 0 atom stereocenters. The minimum Gasteiger partial charge on any atom is -0.508 e. The van der Waals surface area contributed by atoms with Crippen molar-refractivity contribution in [3.63, 3.8) is 0 Å². The van der Waals surface area contributed by atoms with Crippen LogP contribution < -0.4 is 0 Å². The van der Waals surface area contributed by atoms with E-state index in [0.29, 0.717) is 5.56 Å². The van der Waals surface area contributed by atoms with Gasteiger partial charge in [-0.15, -0.1) is 0 Å². The maximum atomic E-state index is 9.71. The Balaban J connectivity index is 1.69. The first kappa shape index (κ1) is 17.2. The van der Waals surface area contributed by atoms with E-state index in [1.165, 1.54) is 12.1 Å². The van der Waals surface area contributed by atoms with Crippen LogP contribution in [0.5, 0.6) is 17.2 Å². The standard InChI is InChI=1S/C21H18N2O3/c1-14-2-3-15(10-20(14)25)12-22-17-5-7-18(8-6-17)23-13-16-4-9-19(24)21(26)11-16/h2-13,24-26H,1H3. The van der Waals surface area contributed by atoms with Gasteiger partial charge in [0.1, 0.15) is 5.75 Å². The van der Waals surface area contributed by atoms with Gasteiger partial charge < -0.3 is 15.3 Å². The van der Waals surface area contributed by atoms with Crippen LogP contribution in [0.3, 0.4) is 0 Å². The average Bonchev–Trinajstić information content (AvgIpc) is 2.64. The van der Waals surface area contributed by atoms with Crippen LogP contribution in [0.15, 0.2) is 70.6 Å². The van der Waals surface area contributed by atoms with Gasteiger partial charge in [-0.25, -0.2) is 0 Å². The molecule has 0 amide bonds. The van der Waals surface area contributed by atoms with Crippen LogP contribution in [-0.2, 0) is 0 Å². The normalized spacial score (nSPS) is 11.4. The van der Waals surface area contributed by atoms with E-state index in [0.717, 1.165) is 22.5 Å². The Morgan fingerprint density at radius 2 is 1.12 bits per heavy atom. The summed E-state index contributed by atoms with van der Waals surface area (Å²) in [6, 6.07) is 17.3. The summed E-state index contributed by atoms with van der Waals surface area (Å²) in [7, 11) is 0. The minimum atomic E-state index is -0.180. The number of hydrogen-bond donors (Lipinski definition) is 3. The van der Waals surface area contributed by atoms with Crippen LogP contribution in [0.1, 0.15) is 16.7 Å². The van der Waals surface area contributed by atoms with E-state index in [1.54, 1.807) is 24.6 Å². The van der Waals surface area contributed by atoms with Gasteiger partial charge in [-0.1, -0.05) is 12.1 Å². The molecule has 0 aromatic heterocycles. The maximum Gasteiger partial charge on any atom is 0.158 e. The maximum absolute atomic E-state index is 9.71. The number of rotatable bonds is 4. The molecule has 0 spiro atoms. The lowest BCUT2D eigenvalue weighted by Gasteiger charge is -2.00. The number of benzene rings is 3. The fourth-order valence-electron chi connectivity index (χ4n) is 2.25. The average molecular weight is 346 g/mol. The molecule has 26 heavy (non-hydrogen) atoms. The zero-order valence-electron chi connectivity index (χ0n) is 14.2. The molecule has 3 aromatic carbocycles. The number of aliphatic imine (C=N–C) groups is 2. The Morgan fingerprint density at radius 3 is 1.62 bits per heavy atom. The molecule has 0 bridgehead atoms. The van der Waals surface area contributed by atoms with Crippen molar-refractivity contribution in [3.05, 3.63) is 77.4 Å². The highest BCUT2D eigenvalue weighted by molar-refractivity contribution is 5.84. The highest BCUT2D eigenvalue weighted by Gasteiger charge is 1.99. The van der Waals surface area contributed by atoms with Crippen molar-refractivity contribution < 1.29 is 15.3 Å². The van der Waals surface area contributed by atoms with Crippen molar-refractivity contribution in [2.45, 2.75) is 6.92 Å². The molecule has 0 aliphatic rings. The van der Waals surface area contributed by atoms with E-state index in [1.807, 2.05) is 43.3 Å². The summed E-state index contributed by atoms with van der Waals surface area (Å²) in [5.41, 5.74) is 3.84. The van der Waals surface area contributed by atoms with Gasteiger partial charge in [0.25, 0.3) is 0 Å². The summed E-state index contributed by atoms with van der Waals surface area (Å²) in [5.74, 6) is -0.0917. The van der Waals surface area contributed by atoms with Gasteiger partial charge >= 0.3 is 0 Å². The smallest absolute Gasteiger partial charge is 0.158 e. The van der Waals surface area contributed by atoms with Crippen molar-refractivity contribution in [2.75, 3.05) is 0 Å². The van der Waals surface area contributed by atoms with Crippen molar-refractivity contribution in [3.8, 4) is 17.2 Å². The van der Waals surface area contributed by atoms with E-state index in [2.05, 4.69) is 9.98 Å². The van der Waals surface area contributed by atoms with E-state index >= 15 is 0 Å². The number of nitrogens with zero attached hydrogens (tertiary/aromatic N) is 2. The Hall–Kier alpha value is -3.60. The summed E-state index contributed by atoms with van der Waals surface area (Å²) in [6.07, 6.45) is 3.29. The molecule has 3 N–H and O–H groups in total. The zero-order valence-corrected chi connectivity index (χ0v) is 14.2. The predicted molar refractivity (Wildman–Crippen MR) is 104 cm³/mol. The molecule has 5 nitrogen and oxygen atoms in total. The second-order valence-corrected chi connectivity index (χ2v) is 5.83. The van der Waals surface area contributed by atoms with Crippen molar-refractivity contribution >= 4 is 23.8 Å². The predicted octanol–water partition coefficient (Wildman–Crippen LogP) is 4.61. The Labute approximate surface area is 151 Å². The minimum absolute atomic E-state index is 0.161. The number of phenols is 3. The van der Waals surface area contributed by atoms with Crippen molar-refractivity contribution in [1.82, 2.24) is 0 Å². The lowest BCUT2D eigenvalue weighted by atomic mass is 10.1. The highest BCUT2D eigenvalue weighted by atomic mass is 16.3. The molecule has 0 radical (unpaired) electrons. The Kier molecular flexibility index (Phi) is 4.99. The monoisotopic (exact) mass is 346 g/mol. The number of phenolic OH excluding ortho intramolecular Hbond substituents is 3. The topological polar surface area (TPSA) is 85.4 Å². The van der Waals surface area contributed by atoms with Gasteiger partial charge in [0.2, 0.25) is 0 Å². The third kappa shape index (κ3) is 4.27. The summed E-state index contributed by atoms with van der Waals surface area (Å²) in [6.45, 7) is 1.84. The second-order valence-electron chi connectivity index (χ2n) is 5.83. The summed E-state index contributed by atoms with van der Waals surface area (Å²) in [5, 5.41) is 28.5. The molecular formula is C21H18N2O3. The number of hydrogen-bond acceptors (Lipinski definition) is 5. The van der Waals surface area contributed by atoms with Gasteiger partial charge in [0, 0.05) is 12.4 Å². The first-order valence-corrected chi connectivity index (χ1v) is 8.01. The number of aryl methyl sites for hydroxylation is 1. The third-order valence-electron chi connectivity index (χ3n) is 3.81. The van der Waals surface area contributed by atoms with Gasteiger partial charge in [-0.05, 0) is 72.1 Å². The Morgan fingerprint density at radius 1 is 0.615 bits per heavy atom. The van der Waals surface area contributed by atoms with Gasteiger partial charge in [0.15, 0.2) is 11.5 Å².